The third kappa shape index (κ3) is 6.40. The van der Waals surface area contributed by atoms with Crippen LogP contribution in [-0.2, 0) is 21.2 Å². The van der Waals surface area contributed by atoms with Crippen LogP contribution in [0.2, 0.25) is 0 Å². The van der Waals surface area contributed by atoms with Crippen LogP contribution in [0.15, 0.2) is 119 Å². The molecule has 2 heterocycles. The second-order valence-corrected chi connectivity index (χ2v) is 13.2. The third-order valence-electron chi connectivity index (χ3n) is 7.33. The van der Waals surface area contributed by atoms with Crippen LogP contribution in [0.5, 0.6) is 0 Å². The number of para-hydroxylation sites is 1. The fourth-order valence-electron chi connectivity index (χ4n) is 5.06. The van der Waals surface area contributed by atoms with E-state index in [4.69, 9.17) is 0 Å². The molecule has 0 aliphatic rings. The molecule has 6 aromatic rings. The second kappa shape index (κ2) is 13.1. The van der Waals surface area contributed by atoms with E-state index in [2.05, 4.69) is 22.4 Å². The van der Waals surface area contributed by atoms with E-state index >= 15 is 0 Å². The van der Waals surface area contributed by atoms with Gasteiger partial charge in [-0.1, -0.05) is 73.6 Å². The number of thioether (sulfide) groups is 1. The Labute approximate surface area is 265 Å². The van der Waals surface area contributed by atoms with E-state index in [1.165, 1.54) is 39.6 Å². The van der Waals surface area contributed by atoms with Crippen molar-refractivity contribution in [3.8, 4) is 17.1 Å². The van der Waals surface area contributed by atoms with E-state index in [9.17, 15) is 17.6 Å². The Balaban J connectivity index is 1.35. The van der Waals surface area contributed by atoms with Crippen LogP contribution in [-0.4, -0.2) is 38.8 Å². The molecule has 0 atom stereocenters. The maximum atomic E-state index is 13.9. The Bertz CT molecular complexity index is 2060. The zero-order valence-corrected chi connectivity index (χ0v) is 26.1. The van der Waals surface area contributed by atoms with Crippen LogP contribution in [0, 0.1) is 5.82 Å². The van der Waals surface area contributed by atoms with Crippen LogP contribution in [0.3, 0.4) is 0 Å². The first kappa shape index (κ1) is 30.3. The van der Waals surface area contributed by atoms with Crippen molar-refractivity contribution in [1.82, 2.24) is 18.7 Å². The lowest BCUT2D eigenvalue weighted by Gasteiger charge is -2.10. The minimum absolute atomic E-state index is 0.0427. The summed E-state index contributed by atoms with van der Waals surface area (Å²) in [5, 5.41) is 12.8. The Kier molecular flexibility index (Phi) is 8.81. The number of hydrogen-bond acceptors (Lipinski definition) is 6. The van der Waals surface area contributed by atoms with Gasteiger partial charge in [0.05, 0.1) is 16.2 Å². The number of unbranched alkanes of at least 4 members (excludes halogenated alkanes) is 1. The lowest BCUT2D eigenvalue weighted by Crippen LogP contribution is -2.14. The number of fused-ring (bicyclic) bond motifs is 1. The van der Waals surface area contributed by atoms with E-state index in [0.29, 0.717) is 38.8 Å². The number of rotatable bonds is 11. The third-order valence-corrected chi connectivity index (χ3v) is 9.94. The summed E-state index contributed by atoms with van der Waals surface area (Å²) >= 11 is 1.18. The number of amides is 1. The normalized spacial score (nSPS) is 11.6. The van der Waals surface area contributed by atoms with E-state index < -0.39 is 15.8 Å². The number of hydrogen-bond donors (Lipinski definition) is 1. The molecule has 2 aromatic heterocycles. The zero-order valence-electron chi connectivity index (χ0n) is 24.4. The lowest BCUT2D eigenvalue weighted by molar-refractivity contribution is -0.113. The zero-order chi connectivity index (χ0) is 31.4. The molecule has 0 unspecified atom stereocenters. The molecule has 0 radical (unpaired) electrons. The van der Waals surface area contributed by atoms with Crippen molar-refractivity contribution in [3.05, 3.63) is 121 Å². The van der Waals surface area contributed by atoms with Gasteiger partial charge in [0, 0.05) is 28.5 Å². The standard InChI is InChI=1S/C34H30FN5O3S2/c1-2-3-9-24-14-18-26(19-15-24)36-32(41)23-44-34-38-37-33(40(34)27-20-16-25(35)17-21-27)30-22-39(31-13-8-7-12-29(30)31)45(42,43)28-10-5-4-6-11-28/h4-8,10-22H,2-3,9,23H2,1H3,(H,36,41). The van der Waals surface area contributed by atoms with E-state index in [0.717, 1.165) is 19.3 Å². The highest BCUT2D eigenvalue weighted by molar-refractivity contribution is 7.99. The number of aryl methyl sites for hydroxylation is 1. The molecule has 6 rings (SSSR count). The van der Waals surface area contributed by atoms with Crippen LogP contribution in [0.1, 0.15) is 25.3 Å². The summed E-state index contributed by atoms with van der Waals surface area (Å²) in [5.74, 6) is -0.234. The molecule has 0 saturated heterocycles. The van der Waals surface area contributed by atoms with Gasteiger partial charge in [-0.25, -0.2) is 16.8 Å². The highest BCUT2D eigenvalue weighted by atomic mass is 32.2. The lowest BCUT2D eigenvalue weighted by atomic mass is 10.1. The predicted octanol–water partition coefficient (Wildman–Crippen LogP) is 7.34. The topological polar surface area (TPSA) is 98.9 Å². The Hall–Kier alpha value is -4.74. The first-order valence-electron chi connectivity index (χ1n) is 14.5. The predicted molar refractivity (Wildman–Crippen MR) is 176 cm³/mol. The molecular weight excluding hydrogens is 610 g/mol. The molecule has 4 aromatic carbocycles. The first-order chi connectivity index (χ1) is 21.8. The van der Waals surface area contributed by atoms with Crippen LogP contribution in [0.25, 0.3) is 28.0 Å². The van der Waals surface area contributed by atoms with Crippen molar-refractivity contribution in [2.24, 2.45) is 0 Å². The van der Waals surface area contributed by atoms with Gasteiger partial charge < -0.3 is 5.32 Å². The summed E-state index contributed by atoms with van der Waals surface area (Å²) < 4.78 is 44.3. The molecule has 1 N–H and O–H groups in total. The quantitative estimate of drug-likeness (QED) is 0.149. The number of nitrogens with zero attached hydrogens (tertiary/aromatic N) is 4. The summed E-state index contributed by atoms with van der Waals surface area (Å²) in [6.45, 7) is 2.15. The van der Waals surface area contributed by atoms with Crippen molar-refractivity contribution in [2.45, 2.75) is 36.2 Å². The maximum Gasteiger partial charge on any atom is 0.268 e. The van der Waals surface area contributed by atoms with E-state index in [-0.39, 0.29) is 16.6 Å². The van der Waals surface area contributed by atoms with Crippen molar-refractivity contribution in [1.29, 1.82) is 0 Å². The van der Waals surface area contributed by atoms with E-state index in [1.54, 1.807) is 59.2 Å². The SMILES string of the molecule is CCCCc1ccc(NC(=O)CSc2nnc(-c3cn(S(=O)(=O)c4ccccc4)c4ccccc34)n2-c2ccc(F)cc2)cc1. The first-order valence-corrected chi connectivity index (χ1v) is 16.9. The van der Waals surface area contributed by atoms with Crippen molar-refractivity contribution < 1.29 is 17.6 Å². The molecule has 45 heavy (non-hydrogen) atoms. The van der Waals surface area contributed by atoms with Gasteiger partial charge in [0.2, 0.25) is 5.91 Å². The number of carbonyl (C=O) groups excluding carboxylic acids is 1. The molecule has 1 amide bonds. The summed E-state index contributed by atoms with van der Waals surface area (Å²) in [6, 6.07) is 29.0. The molecule has 228 valence electrons. The number of aromatic nitrogens is 4. The summed E-state index contributed by atoms with van der Waals surface area (Å²) in [4.78, 5) is 13.1. The summed E-state index contributed by atoms with van der Waals surface area (Å²) in [7, 11) is -3.94. The molecule has 11 heteroatoms. The van der Waals surface area contributed by atoms with Crippen molar-refractivity contribution in [3.63, 3.8) is 0 Å². The van der Waals surface area contributed by atoms with Crippen molar-refractivity contribution >= 4 is 44.3 Å². The summed E-state index contributed by atoms with van der Waals surface area (Å²) in [5.41, 5.74) is 3.47. The van der Waals surface area contributed by atoms with Gasteiger partial charge in [0.1, 0.15) is 5.82 Å². The van der Waals surface area contributed by atoms with Gasteiger partial charge >= 0.3 is 0 Å². The minimum Gasteiger partial charge on any atom is -0.325 e. The fraction of sp³-hybridized carbons (Fsp3) is 0.147. The molecule has 0 bridgehead atoms. The van der Waals surface area contributed by atoms with Gasteiger partial charge in [-0.05, 0) is 73.0 Å². The highest BCUT2D eigenvalue weighted by Gasteiger charge is 2.25. The molecular formula is C34H30FN5O3S2. The highest BCUT2D eigenvalue weighted by Crippen LogP contribution is 2.35. The molecule has 0 spiro atoms. The monoisotopic (exact) mass is 639 g/mol. The molecule has 8 nitrogen and oxygen atoms in total. The average molecular weight is 640 g/mol. The number of carbonyl (C=O) groups is 1. The van der Waals surface area contributed by atoms with Gasteiger partial charge in [-0.15, -0.1) is 10.2 Å². The van der Waals surface area contributed by atoms with Crippen LogP contribution >= 0.6 is 11.8 Å². The Morgan fingerprint density at radius 1 is 0.889 bits per heavy atom. The van der Waals surface area contributed by atoms with Crippen molar-refractivity contribution in [2.75, 3.05) is 11.1 Å². The fourth-order valence-corrected chi connectivity index (χ4v) is 7.20. The van der Waals surface area contributed by atoms with Gasteiger partial charge in [-0.2, -0.15) is 0 Å². The van der Waals surface area contributed by atoms with Gasteiger partial charge in [-0.3, -0.25) is 9.36 Å². The Morgan fingerprint density at radius 2 is 1.60 bits per heavy atom. The van der Waals surface area contributed by atoms with E-state index in [1.807, 2.05) is 36.4 Å². The average Bonchev–Trinajstić information content (AvgIpc) is 3.66. The Morgan fingerprint density at radius 3 is 2.33 bits per heavy atom. The number of anilines is 1. The van der Waals surface area contributed by atoms with Crippen LogP contribution < -0.4 is 5.32 Å². The minimum atomic E-state index is -3.94. The number of halogens is 1. The van der Waals surface area contributed by atoms with Gasteiger partial charge in [0.15, 0.2) is 11.0 Å². The smallest absolute Gasteiger partial charge is 0.268 e. The maximum absolute atomic E-state index is 13.9. The molecule has 0 aliphatic carbocycles. The second-order valence-electron chi connectivity index (χ2n) is 10.4. The number of benzene rings is 4. The molecule has 0 fully saturated rings. The molecule has 0 aliphatic heterocycles. The molecule has 0 saturated carbocycles. The largest absolute Gasteiger partial charge is 0.325 e. The van der Waals surface area contributed by atoms with Gasteiger partial charge in [0.25, 0.3) is 10.0 Å². The number of nitrogens with one attached hydrogen (secondary N) is 1. The van der Waals surface area contributed by atoms with Crippen LogP contribution in [0.4, 0.5) is 10.1 Å². The summed E-state index contributed by atoms with van der Waals surface area (Å²) in [6.07, 6.45) is 4.76.